The Morgan fingerprint density at radius 1 is 1.38 bits per heavy atom. The van der Waals surface area contributed by atoms with Crippen LogP contribution in [0, 0.1) is 0 Å². The van der Waals surface area contributed by atoms with E-state index >= 15 is 0 Å². The van der Waals surface area contributed by atoms with Gasteiger partial charge in [0.25, 0.3) is 0 Å². The lowest BCUT2D eigenvalue weighted by molar-refractivity contribution is 0.102. The van der Waals surface area contributed by atoms with Crippen LogP contribution in [0.25, 0.3) is 0 Å². The van der Waals surface area contributed by atoms with Crippen LogP contribution >= 0.6 is 31.9 Å². The molecule has 21 heavy (non-hydrogen) atoms. The van der Waals surface area contributed by atoms with Gasteiger partial charge in [0.15, 0.2) is 0 Å². The summed E-state index contributed by atoms with van der Waals surface area (Å²) in [5.74, 6) is 0.856. The molecule has 0 aliphatic carbocycles. The summed E-state index contributed by atoms with van der Waals surface area (Å²) in [7, 11) is 1.67. The molecule has 2 atom stereocenters. The third kappa shape index (κ3) is 5.55. The Hall–Kier alpha value is -0.100. The molecule has 0 saturated carbocycles. The molecular formula is C16H22Br2O3. The van der Waals surface area contributed by atoms with E-state index in [1.165, 1.54) is 18.4 Å². The van der Waals surface area contributed by atoms with Gasteiger partial charge >= 0.3 is 0 Å². The van der Waals surface area contributed by atoms with Crippen molar-refractivity contribution in [1.29, 1.82) is 0 Å². The summed E-state index contributed by atoms with van der Waals surface area (Å²) in [5.41, 5.74) is 1.26. The molecule has 2 rings (SSSR count). The van der Waals surface area contributed by atoms with Crippen molar-refractivity contribution < 1.29 is 14.2 Å². The number of halogens is 2. The zero-order valence-electron chi connectivity index (χ0n) is 12.3. The highest BCUT2D eigenvalue weighted by Crippen LogP contribution is 2.35. The molecule has 1 saturated heterocycles. The Labute approximate surface area is 143 Å². The fourth-order valence-corrected chi connectivity index (χ4v) is 3.49. The van der Waals surface area contributed by atoms with E-state index in [1.54, 1.807) is 7.11 Å². The van der Waals surface area contributed by atoms with Crippen LogP contribution in [-0.2, 0) is 9.47 Å². The predicted octanol–water partition coefficient (Wildman–Crippen LogP) is 4.87. The molecule has 118 valence electrons. The lowest BCUT2D eigenvalue weighted by Gasteiger charge is -2.15. The van der Waals surface area contributed by atoms with Gasteiger partial charge in [-0.05, 0) is 59.3 Å². The van der Waals surface area contributed by atoms with Gasteiger partial charge in [-0.1, -0.05) is 22.0 Å². The van der Waals surface area contributed by atoms with Crippen molar-refractivity contribution in [2.75, 3.05) is 26.9 Å². The van der Waals surface area contributed by atoms with Gasteiger partial charge < -0.3 is 14.2 Å². The maximum absolute atomic E-state index is 5.68. The third-order valence-corrected chi connectivity index (χ3v) is 5.23. The highest BCUT2D eigenvalue weighted by atomic mass is 79.9. The largest absolute Gasteiger partial charge is 0.490 e. The lowest BCUT2D eigenvalue weighted by atomic mass is 10.0. The minimum Gasteiger partial charge on any atom is -0.490 e. The van der Waals surface area contributed by atoms with Crippen LogP contribution < -0.4 is 4.74 Å². The van der Waals surface area contributed by atoms with Gasteiger partial charge in [0, 0.05) is 18.5 Å². The molecule has 3 nitrogen and oxygen atoms in total. The second-order valence-electron chi connectivity index (χ2n) is 5.21. The molecule has 1 aliphatic heterocycles. The highest BCUT2D eigenvalue weighted by Gasteiger charge is 2.18. The molecule has 2 unspecified atom stereocenters. The number of alkyl halides is 1. The minimum absolute atomic E-state index is 0.353. The van der Waals surface area contributed by atoms with E-state index in [1.807, 2.05) is 6.07 Å². The van der Waals surface area contributed by atoms with Crippen LogP contribution in [0.1, 0.15) is 36.1 Å². The smallest absolute Gasteiger partial charge is 0.133 e. The monoisotopic (exact) mass is 420 g/mol. The second-order valence-corrected chi connectivity index (χ2v) is 7.17. The third-order valence-electron chi connectivity index (χ3n) is 3.63. The van der Waals surface area contributed by atoms with E-state index in [4.69, 9.17) is 14.2 Å². The topological polar surface area (TPSA) is 27.7 Å². The number of hydrogen-bond donors (Lipinski definition) is 0. The Bertz CT molecular complexity index is 434. The number of hydrogen-bond acceptors (Lipinski definition) is 3. The molecule has 0 amide bonds. The lowest BCUT2D eigenvalue weighted by Crippen LogP contribution is -2.06. The first-order valence-corrected chi connectivity index (χ1v) is 9.08. The Morgan fingerprint density at radius 2 is 2.24 bits per heavy atom. The van der Waals surface area contributed by atoms with Gasteiger partial charge in [0.05, 0.1) is 17.2 Å². The number of ether oxygens (including phenoxy) is 3. The van der Waals surface area contributed by atoms with Gasteiger partial charge in [-0.2, -0.15) is 0 Å². The first-order valence-electron chi connectivity index (χ1n) is 7.37. The van der Waals surface area contributed by atoms with E-state index in [0.29, 0.717) is 24.1 Å². The zero-order chi connectivity index (χ0) is 15.1. The van der Waals surface area contributed by atoms with Crippen LogP contribution in [0.4, 0.5) is 0 Å². The predicted molar refractivity (Wildman–Crippen MR) is 91.4 cm³/mol. The summed E-state index contributed by atoms with van der Waals surface area (Å²) >= 11 is 7.35. The van der Waals surface area contributed by atoms with Gasteiger partial charge in [0.1, 0.15) is 12.4 Å². The highest BCUT2D eigenvalue weighted by molar-refractivity contribution is 9.10. The molecule has 0 bridgehead atoms. The normalized spacial score (nSPS) is 19.7. The molecule has 0 aromatic heterocycles. The fraction of sp³-hybridized carbons (Fsp3) is 0.625. The summed E-state index contributed by atoms with van der Waals surface area (Å²) < 4.78 is 17.3. The van der Waals surface area contributed by atoms with Crippen molar-refractivity contribution in [3.8, 4) is 5.75 Å². The van der Waals surface area contributed by atoms with Gasteiger partial charge in [-0.15, -0.1) is 0 Å². The Balaban J connectivity index is 1.85. The molecule has 1 aromatic rings. The molecule has 0 radical (unpaired) electrons. The maximum Gasteiger partial charge on any atom is 0.133 e. The molecule has 0 N–H and O–H groups in total. The summed E-state index contributed by atoms with van der Waals surface area (Å²) in [6.07, 6.45) is 5.05. The maximum atomic E-state index is 5.68. The van der Waals surface area contributed by atoms with E-state index < -0.39 is 0 Å². The van der Waals surface area contributed by atoms with E-state index in [9.17, 15) is 0 Å². The van der Waals surface area contributed by atoms with Crippen molar-refractivity contribution in [3.05, 3.63) is 28.2 Å². The fourth-order valence-electron chi connectivity index (χ4n) is 2.43. The van der Waals surface area contributed by atoms with E-state index in [2.05, 4.69) is 44.0 Å². The van der Waals surface area contributed by atoms with Crippen LogP contribution in [-0.4, -0.2) is 33.0 Å². The number of benzene rings is 1. The van der Waals surface area contributed by atoms with Gasteiger partial charge in [0.2, 0.25) is 0 Å². The minimum atomic E-state index is 0.353. The van der Waals surface area contributed by atoms with E-state index in [-0.39, 0.29) is 0 Å². The Morgan fingerprint density at radius 3 is 2.90 bits per heavy atom. The Kier molecular flexibility index (Phi) is 7.50. The first-order chi connectivity index (χ1) is 10.2. The molecule has 0 spiro atoms. The summed E-state index contributed by atoms with van der Waals surface area (Å²) in [4.78, 5) is 0.353. The number of methoxy groups -OCH3 is 1. The van der Waals surface area contributed by atoms with Crippen molar-refractivity contribution in [1.82, 2.24) is 0 Å². The molecule has 1 heterocycles. The van der Waals surface area contributed by atoms with Crippen molar-refractivity contribution >= 4 is 31.9 Å². The zero-order valence-corrected chi connectivity index (χ0v) is 15.5. The average molecular weight is 422 g/mol. The van der Waals surface area contributed by atoms with Crippen LogP contribution in [0.5, 0.6) is 5.75 Å². The SMILES string of the molecule is COCCOc1ccc(C(Br)CCC2CCCO2)cc1Br. The summed E-state index contributed by atoms with van der Waals surface area (Å²) in [6.45, 7) is 2.08. The van der Waals surface area contributed by atoms with Crippen molar-refractivity contribution in [3.63, 3.8) is 0 Å². The van der Waals surface area contributed by atoms with Crippen molar-refractivity contribution in [2.24, 2.45) is 0 Å². The van der Waals surface area contributed by atoms with Crippen molar-refractivity contribution in [2.45, 2.75) is 36.6 Å². The summed E-state index contributed by atoms with van der Waals surface area (Å²) in [5, 5.41) is 0. The first kappa shape index (κ1) is 17.3. The van der Waals surface area contributed by atoms with Crippen LogP contribution in [0.15, 0.2) is 22.7 Å². The van der Waals surface area contributed by atoms with Gasteiger partial charge in [-0.25, -0.2) is 0 Å². The number of rotatable bonds is 8. The molecule has 5 heteroatoms. The average Bonchev–Trinajstić information content (AvgIpc) is 3.00. The van der Waals surface area contributed by atoms with Gasteiger partial charge in [-0.3, -0.25) is 0 Å². The standard InChI is InChI=1S/C16H22Br2O3/c1-19-9-10-21-16-7-4-12(11-15(16)18)14(17)6-5-13-3-2-8-20-13/h4,7,11,13-14H,2-3,5-6,8-10H2,1H3. The molecular weight excluding hydrogens is 400 g/mol. The van der Waals surface area contributed by atoms with E-state index in [0.717, 1.165) is 29.7 Å². The second kappa shape index (κ2) is 9.13. The molecule has 1 aromatic carbocycles. The van der Waals surface area contributed by atoms with Crippen LogP contribution in [0.2, 0.25) is 0 Å². The van der Waals surface area contributed by atoms with Crippen LogP contribution in [0.3, 0.4) is 0 Å². The summed E-state index contributed by atoms with van der Waals surface area (Å²) in [6, 6.07) is 6.24. The molecule has 1 fully saturated rings. The quantitative estimate of drug-likeness (QED) is 0.442. The molecule has 1 aliphatic rings.